The molecular weight excluding hydrogens is 492 g/mol. The fourth-order valence-corrected chi connectivity index (χ4v) is 5.35. The first-order valence-electron chi connectivity index (χ1n) is 11.8. The van der Waals surface area contributed by atoms with Crippen molar-refractivity contribution in [2.75, 3.05) is 18.5 Å². The zero-order valence-corrected chi connectivity index (χ0v) is 20.8. The Labute approximate surface area is 216 Å². The van der Waals surface area contributed by atoms with E-state index in [1.54, 1.807) is 12.3 Å². The van der Waals surface area contributed by atoms with Crippen molar-refractivity contribution in [1.29, 1.82) is 0 Å². The number of carbonyl (C=O) groups is 4. The van der Waals surface area contributed by atoms with Crippen LogP contribution in [-0.4, -0.2) is 52.9 Å². The number of fused-ring (bicyclic) bond motifs is 1. The fourth-order valence-electron chi connectivity index (χ4n) is 4.38. The molecule has 1 aliphatic rings. The number of amides is 4. The Bertz CT molecular complexity index is 1490. The normalized spacial score (nSPS) is 15.2. The van der Waals surface area contributed by atoms with Crippen molar-refractivity contribution in [3.05, 3.63) is 77.3 Å². The Kier molecular flexibility index (Phi) is 6.74. The van der Waals surface area contributed by atoms with Crippen molar-refractivity contribution in [3.8, 4) is 11.1 Å². The van der Waals surface area contributed by atoms with Crippen LogP contribution >= 0.6 is 11.3 Å². The Morgan fingerprint density at radius 3 is 2.62 bits per heavy atom. The number of hydrogen-bond acceptors (Lipinski definition) is 6. The molecule has 1 aliphatic heterocycles. The summed E-state index contributed by atoms with van der Waals surface area (Å²) >= 11 is 1.18. The summed E-state index contributed by atoms with van der Waals surface area (Å²) in [5, 5.41) is 8.40. The number of hydrogen-bond donors (Lipinski definition) is 3. The SMILES string of the molecule is CCOC(=O)c1c(-c2ccccc2)csc1NC(=O)CN1C(=O)NC(Cc2c[nH]c3ccccc23)C1=O. The molecule has 0 bridgehead atoms. The molecule has 2 aromatic carbocycles. The van der Waals surface area contributed by atoms with Gasteiger partial charge in [-0.2, -0.15) is 0 Å². The van der Waals surface area contributed by atoms with E-state index in [4.69, 9.17) is 4.74 Å². The molecule has 0 radical (unpaired) electrons. The first-order valence-corrected chi connectivity index (χ1v) is 12.6. The van der Waals surface area contributed by atoms with Gasteiger partial charge in [0.2, 0.25) is 5.91 Å². The van der Waals surface area contributed by atoms with Crippen LogP contribution in [0.4, 0.5) is 9.80 Å². The summed E-state index contributed by atoms with van der Waals surface area (Å²) in [6.07, 6.45) is 2.11. The van der Waals surface area contributed by atoms with Crippen LogP contribution in [0.25, 0.3) is 22.0 Å². The standard InChI is InChI=1S/C27H24N4O5S/c1-2-36-26(34)23-19(16-8-4-3-5-9-16)15-37-24(23)30-22(32)14-31-25(33)21(29-27(31)35)12-17-13-28-20-11-7-6-10-18(17)20/h3-11,13,15,21,28H,2,12,14H2,1H3,(H,29,35)(H,30,32). The van der Waals surface area contributed by atoms with Crippen molar-refractivity contribution >= 4 is 51.1 Å². The van der Waals surface area contributed by atoms with Gasteiger partial charge in [0, 0.05) is 34.5 Å². The second kappa shape index (κ2) is 10.3. The van der Waals surface area contributed by atoms with Gasteiger partial charge in [-0.1, -0.05) is 48.5 Å². The molecule has 1 atom stereocenters. The molecule has 4 amide bonds. The van der Waals surface area contributed by atoms with E-state index in [1.807, 2.05) is 60.8 Å². The average molecular weight is 517 g/mol. The highest BCUT2D eigenvalue weighted by Gasteiger charge is 2.39. The number of carbonyl (C=O) groups excluding carboxylic acids is 4. The molecular formula is C27H24N4O5S. The van der Waals surface area contributed by atoms with Crippen LogP contribution in [0.15, 0.2) is 66.2 Å². The number of imide groups is 1. The van der Waals surface area contributed by atoms with E-state index in [1.165, 1.54) is 11.3 Å². The monoisotopic (exact) mass is 516 g/mol. The second-order valence-corrected chi connectivity index (χ2v) is 9.36. The van der Waals surface area contributed by atoms with Crippen molar-refractivity contribution in [2.45, 2.75) is 19.4 Å². The molecule has 1 fully saturated rings. The maximum atomic E-state index is 13.0. The number of rotatable bonds is 8. The lowest BCUT2D eigenvalue weighted by Gasteiger charge is -2.13. The third-order valence-electron chi connectivity index (χ3n) is 6.12. The van der Waals surface area contributed by atoms with E-state index in [2.05, 4.69) is 15.6 Å². The molecule has 37 heavy (non-hydrogen) atoms. The van der Waals surface area contributed by atoms with Gasteiger partial charge in [0.25, 0.3) is 5.91 Å². The Hall–Kier alpha value is -4.44. The lowest BCUT2D eigenvalue weighted by molar-refractivity contribution is -0.130. The summed E-state index contributed by atoms with van der Waals surface area (Å²) in [5.41, 5.74) is 3.51. The van der Waals surface area contributed by atoms with Crippen molar-refractivity contribution in [3.63, 3.8) is 0 Å². The number of para-hydroxylation sites is 1. The van der Waals surface area contributed by atoms with E-state index in [0.29, 0.717) is 17.0 Å². The van der Waals surface area contributed by atoms with Gasteiger partial charge in [-0.25, -0.2) is 9.59 Å². The Morgan fingerprint density at radius 2 is 1.84 bits per heavy atom. The minimum absolute atomic E-state index is 0.177. The fraction of sp³-hybridized carbons (Fsp3) is 0.185. The third kappa shape index (κ3) is 4.83. The molecule has 0 saturated carbocycles. The summed E-state index contributed by atoms with van der Waals surface area (Å²) in [4.78, 5) is 55.2. The molecule has 1 saturated heterocycles. The van der Waals surface area contributed by atoms with Crippen molar-refractivity contribution in [1.82, 2.24) is 15.2 Å². The van der Waals surface area contributed by atoms with Crippen LogP contribution in [0.1, 0.15) is 22.8 Å². The number of anilines is 1. The lowest BCUT2D eigenvalue weighted by Crippen LogP contribution is -2.38. The number of urea groups is 1. The molecule has 10 heteroatoms. The lowest BCUT2D eigenvalue weighted by atomic mass is 10.0. The van der Waals surface area contributed by atoms with Crippen LogP contribution in [0.3, 0.4) is 0 Å². The van der Waals surface area contributed by atoms with Crippen LogP contribution in [0.5, 0.6) is 0 Å². The van der Waals surface area contributed by atoms with Gasteiger partial charge < -0.3 is 20.4 Å². The van der Waals surface area contributed by atoms with Gasteiger partial charge >= 0.3 is 12.0 Å². The third-order valence-corrected chi connectivity index (χ3v) is 7.01. The van der Waals surface area contributed by atoms with E-state index in [9.17, 15) is 19.2 Å². The number of esters is 1. The molecule has 2 aromatic heterocycles. The molecule has 9 nitrogen and oxygen atoms in total. The molecule has 4 aromatic rings. The molecule has 1 unspecified atom stereocenters. The molecule has 0 spiro atoms. The molecule has 5 rings (SSSR count). The minimum atomic E-state index is -0.777. The summed E-state index contributed by atoms with van der Waals surface area (Å²) in [6, 6.07) is 15.6. The van der Waals surface area contributed by atoms with Gasteiger partial charge in [0.1, 0.15) is 23.2 Å². The first-order chi connectivity index (χ1) is 18.0. The first kappa shape index (κ1) is 24.3. The molecule has 188 valence electrons. The number of ether oxygens (including phenoxy) is 1. The zero-order valence-electron chi connectivity index (χ0n) is 19.9. The number of aromatic amines is 1. The largest absolute Gasteiger partial charge is 0.462 e. The van der Waals surface area contributed by atoms with Crippen LogP contribution in [-0.2, 0) is 20.7 Å². The number of benzene rings is 2. The minimum Gasteiger partial charge on any atom is -0.462 e. The highest BCUT2D eigenvalue weighted by atomic mass is 32.1. The maximum absolute atomic E-state index is 13.0. The summed E-state index contributed by atoms with van der Waals surface area (Å²) in [7, 11) is 0. The van der Waals surface area contributed by atoms with Gasteiger partial charge in [-0.05, 0) is 24.1 Å². The number of H-pyrrole nitrogens is 1. The summed E-state index contributed by atoms with van der Waals surface area (Å²) in [6.45, 7) is 1.40. The van der Waals surface area contributed by atoms with Gasteiger partial charge in [0.15, 0.2) is 0 Å². The van der Waals surface area contributed by atoms with Crippen LogP contribution in [0, 0.1) is 0 Å². The van der Waals surface area contributed by atoms with Gasteiger partial charge in [0.05, 0.1) is 6.61 Å². The Morgan fingerprint density at radius 1 is 1.08 bits per heavy atom. The van der Waals surface area contributed by atoms with E-state index >= 15 is 0 Å². The number of nitrogens with zero attached hydrogens (tertiary/aromatic N) is 1. The van der Waals surface area contributed by atoms with E-state index in [-0.39, 0.29) is 12.2 Å². The highest BCUT2D eigenvalue weighted by molar-refractivity contribution is 7.15. The van der Waals surface area contributed by atoms with Crippen molar-refractivity contribution in [2.24, 2.45) is 0 Å². The van der Waals surface area contributed by atoms with E-state index < -0.39 is 36.4 Å². The topological polar surface area (TPSA) is 121 Å². The number of thiophene rings is 1. The van der Waals surface area contributed by atoms with Crippen LogP contribution in [0.2, 0.25) is 0 Å². The highest BCUT2D eigenvalue weighted by Crippen LogP contribution is 2.36. The molecule has 3 heterocycles. The van der Waals surface area contributed by atoms with Gasteiger partial charge in [-0.15, -0.1) is 11.3 Å². The second-order valence-electron chi connectivity index (χ2n) is 8.48. The molecule has 3 N–H and O–H groups in total. The molecule has 0 aliphatic carbocycles. The smallest absolute Gasteiger partial charge is 0.341 e. The van der Waals surface area contributed by atoms with E-state index in [0.717, 1.165) is 26.9 Å². The van der Waals surface area contributed by atoms with Crippen molar-refractivity contribution < 1.29 is 23.9 Å². The Balaban J connectivity index is 1.30. The average Bonchev–Trinajstić information content (AvgIpc) is 3.58. The quantitative estimate of drug-likeness (QED) is 0.240. The summed E-state index contributed by atoms with van der Waals surface area (Å²) < 4.78 is 5.22. The zero-order chi connectivity index (χ0) is 25.9. The number of aromatic nitrogens is 1. The predicted octanol–water partition coefficient (Wildman–Crippen LogP) is 4.17. The summed E-state index contributed by atoms with van der Waals surface area (Å²) in [5.74, 6) is -1.64. The predicted molar refractivity (Wildman–Crippen MR) is 140 cm³/mol. The van der Waals surface area contributed by atoms with Crippen LogP contribution < -0.4 is 10.6 Å². The maximum Gasteiger partial charge on any atom is 0.341 e. The van der Waals surface area contributed by atoms with Gasteiger partial charge in [-0.3, -0.25) is 14.5 Å². The number of nitrogens with one attached hydrogen (secondary N) is 3.